The number of rotatable bonds is 9. The highest BCUT2D eigenvalue weighted by atomic mass is 16.6. The number of cyclic esters (lactones) is 1. The molecule has 4 nitrogen and oxygen atoms in total. The molecule has 0 bridgehead atoms. The molecule has 0 aliphatic carbocycles. The van der Waals surface area contributed by atoms with Gasteiger partial charge in [0.2, 0.25) is 0 Å². The second-order valence-corrected chi connectivity index (χ2v) is 5.89. The monoisotopic (exact) mass is 270 g/mol. The third-order valence-electron chi connectivity index (χ3n) is 3.82. The lowest BCUT2D eigenvalue weighted by Crippen LogP contribution is -2.34. The van der Waals surface area contributed by atoms with Crippen molar-refractivity contribution in [3.8, 4) is 0 Å². The van der Waals surface area contributed by atoms with Crippen LogP contribution in [0.25, 0.3) is 0 Å². The van der Waals surface area contributed by atoms with E-state index in [2.05, 4.69) is 32.7 Å². The van der Waals surface area contributed by atoms with Crippen LogP contribution < -0.4 is 0 Å². The number of carbonyl (C=O) groups is 1. The molecule has 1 saturated heterocycles. The largest absolute Gasteiger partial charge is 0.443 e. The van der Waals surface area contributed by atoms with E-state index in [0.717, 1.165) is 32.6 Å². The van der Waals surface area contributed by atoms with Crippen LogP contribution in [0.4, 0.5) is 4.79 Å². The molecule has 0 aromatic carbocycles. The summed E-state index contributed by atoms with van der Waals surface area (Å²) in [6.07, 6.45) is 4.56. The summed E-state index contributed by atoms with van der Waals surface area (Å²) in [6.45, 7) is 10.2. The number of carbonyl (C=O) groups excluding carboxylic acids is 1. The first kappa shape index (κ1) is 16.3. The van der Waals surface area contributed by atoms with Gasteiger partial charge in [0.25, 0.3) is 0 Å². The molecular formula is C15H30N2O2. The molecule has 1 aliphatic heterocycles. The minimum Gasteiger partial charge on any atom is -0.443 e. The Balaban J connectivity index is 2.27. The van der Waals surface area contributed by atoms with Gasteiger partial charge < -0.3 is 14.5 Å². The van der Waals surface area contributed by atoms with E-state index in [1.807, 2.05) is 4.90 Å². The molecule has 2 atom stereocenters. The Morgan fingerprint density at radius 2 is 2.16 bits per heavy atom. The van der Waals surface area contributed by atoms with Crippen LogP contribution in [-0.4, -0.2) is 55.2 Å². The van der Waals surface area contributed by atoms with Gasteiger partial charge in [-0.15, -0.1) is 0 Å². The second kappa shape index (κ2) is 8.41. The number of hydrogen-bond acceptors (Lipinski definition) is 3. The summed E-state index contributed by atoms with van der Waals surface area (Å²) >= 11 is 0. The number of amides is 1. The van der Waals surface area contributed by atoms with Gasteiger partial charge in [-0.05, 0) is 19.4 Å². The third kappa shape index (κ3) is 5.81. The molecule has 0 aromatic heterocycles. The zero-order valence-electron chi connectivity index (χ0n) is 13.0. The molecule has 0 saturated carbocycles. The highest BCUT2D eigenvalue weighted by Gasteiger charge is 2.31. The van der Waals surface area contributed by atoms with Crippen molar-refractivity contribution in [2.75, 3.05) is 33.2 Å². The molecule has 1 aliphatic rings. The van der Waals surface area contributed by atoms with Gasteiger partial charge in [-0.3, -0.25) is 0 Å². The number of ether oxygens (including phenoxy) is 1. The molecule has 19 heavy (non-hydrogen) atoms. The van der Waals surface area contributed by atoms with E-state index < -0.39 is 0 Å². The number of likely N-dealkylation sites (N-methyl/N-ethyl adjacent to an activating group) is 1. The van der Waals surface area contributed by atoms with E-state index in [9.17, 15) is 4.79 Å². The molecule has 1 amide bonds. The lowest BCUT2D eigenvalue weighted by atomic mass is 10.1. The Hall–Kier alpha value is -0.770. The molecule has 1 rings (SSSR count). The van der Waals surface area contributed by atoms with E-state index in [-0.39, 0.29) is 12.2 Å². The summed E-state index contributed by atoms with van der Waals surface area (Å²) in [5, 5.41) is 0. The quantitative estimate of drug-likeness (QED) is 0.604. The third-order valence-corrected chi connectivity index (χ3v) is 3.82. The lowest BCUT2D eigenvalue weighted by Gasteiger charge is -2.22. The zero-order valence-corrected chi connectivity index (χ0v) is 13.0. The summed E-state index contributed by atoms with van der Waals surface area (Å²) in [5.41, 5.74) is 0. The average molecular weight is 270 g/mol. The smallest absolute Gasteiger partial charge is 0.410 e. The molecule has 112 valence electrons. The summed E-state index contributed by atoms with van der Waals surface area (Å²) in [4.78, 5) is 15.9. The molecule has 0 radical (unpaired) electrons. The Morgan fingerprint density at radius 3 is 2.79 bits per heavy atom. The fourth-order valence-corrected chi connectivity index (χ4v) is 2.49. The Labute approximate surface area is 118 Å². The van der Waals surface area contributed by atoms with Gasteiger partial charge in [0.1, 0.15) is 6.10 Å². The van der Waals surface area contributed by atoms with E-state index in [4.69, 9.17) is 4.74 Å². The van der Waals surface area contributed by atoms with Crippen LogP contribution in [0.2, 0.25) is 0 Å². The fourth-order valence-electron chi connectivity index (χ4n) is 2.49. The maximum atomic E-state index is 11.7. The van der Waals surface area contributed by atoms with Crippen molar-refractivity contribution in [2.45, 2.75) is 52.6 Å². The maximum absolute atomic E-state index is 11.7. The Kier molecular flexibility index (Phi) is 7.21. The predicted molar refractivity (Wildman–Crippen MR) is 78.3 cm³/mol. The number of nitrogens with zero attached hydrogens (tertiary/aromatic N) is 2. The summed E-state index contributed by atoms with van der Waals surface area (Å²) in [6, 6.07) is 0. The number of unbranched alkanes of at least 4 members (excludes halogenated alkanes) is 2. The van der Waals surface area contributed by atoms with Gasteiger partial charge in [0, 0.05) is 19.6 Å². The van der Waals surface area contributed by atoms with Crippen LogP contribution in [0, 0.1) is 5.92 Å². The van der Waals surface area contributed by atoms with Gasteiger partial charge in [0.05, 0.1) is 6.54 Å². The molecule has 1 unspecified atom stereocenters. The van der Waals surface area contributed by atoms with Crippen LogP contribution in [0.3, 0.4) is 0 Å². The van der Waals surface area contributed by atoms with Crippen molar-refractivity contribution in [1.29, 1.82) is 0 Å². The summed E-state index contributed by atoms with van der Waals surface area (Å²) in [7, 11) is 2.11. The molecule has 1 fully saturated rings. The zero-order chi connectivity index (χ0) is 14.3. The molecule has 0 N–H and O–H groups in total. The molecule has 1 heterocycles. The highest BCUT2D eigenvalue weighted by Crippen LogP contribution is 2.14. The highest BCUT2D eigenvalue weighted by molar-refractivity contribution is 5.69. The van der Waals surface area contributed by atoms with E-state index in [1.54, 1.807) is 0 Å². The minimum atomic E-state index is -0.127. The van der Waals surface area contributed by atoms with Crippen molar-refractivity contribution in [2.24, 2.45) is 5.92 Å². The van der Waals surface area contributed by atoms with Crippen molar-refractivity contribution >= 4 is 6.09 Å². The van der Waals surface area contributed by atoms with Crippen LogP contribution in [0.15, 0.2) is 0 Å². The average Bonchev–Trinajstić information content (AvgIpc) is 2.69. The summed E-state index contributed by atoms with van der Waals surface area (Å²) < 4.78 is 5.44. The SMILES string of the molecule is CCCCCN1C[C@H](CN(C)CC(C)CC)OC1=O. The van der Waals surface area contributed by atoms with Crippen molar-refractivity contribution in [3.63, 3.8) is 0 Å². The molecular weight excluding hydrogens is 240 g/mol. The number of hydrogen-bond donors (Lipinski definition) is 0. The fraction of sp³-hybridized carbons (Fsp3) is 0.933. The lowest BCUT2D eigenvalue weighted by molar-refractivity contribution is 0.109. The predicted octanol–water partition coefficient (Wildman–Crippen LogP) is 2.98. The first-order chi connectivity index (χ1) is 9.06. The van der Waals surface area contributed by atoms with E-state index in [1.165, 1.54) is 19.3 Å². The normalized spacial score (nSPS) is 21.0. The molecule has 0 aromatic rings. The molecule has 0 spiro atoms. The van der Waals surface area contributed by atoms with Crippen LogP contribution in [0.5, 0.6) is 0 Å². The van der Waals surface area contributed by atoms with Gasteiger partial charge in [-0.25, -0.2) is 4.79 Å². The minimum absolute atomic E-state index is 0.0446. The standard InChI is InChI=1S/C15H30N2O2/c1-5-7-8-9-17-12-14(19-15(17)18)11-16(4)10-13(3)6-2/h13-14H,5-12H2,1-4H3/t13?,14-/m0/s1. The maximum Gasteiger partial charge on any atom is 0.410 e. The Morgan fingerprint density at radius 1 is 1.42 bits per heavy atom. The van der Waals surface area contributed by atoms with Crippen LogP contribution >= 0.6 is 0 Å². The topological polar surface area (TPSA) is 32.8 Å². The first-order valence-electron chi connectivity index (χ1n) is 7.70. The van der Waals surface area contributed by atoms with E-state index in [0.29, 0.717) is 5.92 Å². The second-order valence-electron chi connectivity index (χ2n) is 5.89. The van der Waals surface area contributed by atoms with Crippen molar-refractivity contribution < 1.29 is 9.53 Å². The Bertz CT molecular complexity index is 271. The van der Waals surface area contributed by atoms with Crippen molar-refractivity contribution in [3.05, 3.63) is 0 Å². The first-order valence-corrected chi connectivity index (χ1v) is 7.70. The van der Waals surface area contributed by atoms with Gasteiger partial charge >= 0.3 is 6.09 Å². The van der Waals surface area contributed by atoms with E-state index >= 15 is 0 Å². The van der Waals surface area contributed by atoms with Gasteiger partial charge in [0.15, 0.2) is 0 Å². The summed E-state index contributed by atoms with van der Waals surface area (Å²) in [5.74, 6) is 0.697. The van der Waals surface area contributed by atoms with Gasteiger partial charge in [-0.1, -0.05) is 40.0 Å². The van der Waals surface area contributed by atoms with Crippen LogP contribution in [-0.2, 0) is 4.74 Å². The van der Waals surface area contributed by atoms with Crippen LogP contribution in [0.1, 0.15) is 46.5 Å². The molecule has 4 heteroatoms. The van der Waals surface area contributed by atoms with Crippen molar-refractivity contribution in [1.82, 2.24) is 9.80 Å². The van der Waals surface area contributed by atoms with Gasteiger partial charge in [-0.2, -0.15) is 0 Å².